The molecule has 18 heavy (non-hydrogen) atoms. The number of aromatic hydroxyl groups is 1. The highest BCUT2D eigenvalue weighted by atomic mass is 16.5. The number of nitrogens with one attached hydrogen (secondary N) is 2. The summed E-state index contributed by atoms with van der Waals surface area (Å²) in [7, 11) is 0. The van der Waals surface area contributed by atoms with Crippen LogP contribution in [0.4, 0.5) is 5.95 Å². The summed E-state index contributed by atoms with van der Waals surface area (Å²) in [5.41, 5.74) is 0.405. The maximum Gasteiger partial charge on any atom is 0.337 e. The van der Waals surface area contributed by atoms with Crippen LogP contribution in [-0.2, 0) is 0 Å². The lowest BCUT2D eigenvalue weighted by Gasteiger charge is -2.01. The van der Waals surface area contributed by atoms with Crippen LogP contribution >= 0.6 is 0 Å². The Kier molecular flexibility index (Phi) is 3.42. The maximum atomic E-state index is 11.8. The molecule has 0 atom stereocenters. The zero-order valence-electron chi connectivity index (χ0n) is 9.67. The van der Waals surface area contributed by atoms with E-state index in [0.29, 0.717) is 12.2 Å². The Morgan fingerprint density at radius 1 is 1.44 bits per heavy atom. The Labute approximate surface area is 103 Å². The van der Waals surface area contributed by atoms with Crippen molar-refractivity contribution in [2.75, 3.05) is 11.9 Å². The number of hydrogen-bond acceptors (Lipinski definition) is 5. The van der Waals surface area contributed by atoms with E-state index in [0.717, 1.165) is 0 Å². The normalized spacial score (nSPS) is 10.1. The van der Waals surface area contributed by atoms with Crippen LogP contribution in [0.5, 0.6) is 11.8 Å². The predicted molar refractivity (Wildman–Crippen MR) is 63.6 cm³/mol. The van der Waals surface area contributed by atoms with E-state index in [1.165, 1.54) is 24.3 Å². The van der Waals surface area contributed by atoms with Gasteiger partial charge in [0.05, 0.1) is 6.61 Å². The van der Waals surface area contributed by atoms with Crippen molar-refractivity contribution in [1.82, 2.24) is 15.2 Å². The number of rotatable bonds is 4. The van der Waals surface area contributed by atoms with E-state index in [2.05, 4.69) is 20.5 Å². The van der Waals surface area contributed by atoms with Crippen molar-refractivity contribution >= 4 is 11.9 Å². The number of carbonyl (C=O) groups is 1. The Morgan fingerprint density at radius 3 is 2.83 bits per heavy atom. The number of hydrogen-bond donors (Lipinski definition) is 3. The van der Waals surface area contributed by atoms with Gasteiger partial charge < -0.3 is 9.84 Å². The molecule has 0 radical (unpaired) electrons. The molecule has 0 bridgehead atoms. The standard InChI is InChI=1S/C11H12N4O3/c1-2-18-11-13-10(14-15-11)12-9(17)7-3-5-8(16)6-4-7/h3-6,16H,2H2,1H3,(H2,12,13,14,15,17). The molecule has 94 valence electrons. The number of aromatic nitrogens is 3. The van der Waals surface area contributed by atoms with Crippen molar-refractivity contribution in [3.8, 4) is 11.8 Å². The molecule has 0 saturated heterocycles. The van der Waals surface area contributed by atoms with Crippen molar-refractivity contribution in [1.29, 1.82) is 0 Å². The molecule has 3 N–H and O–H groups in total. The van der Waals surface area contributed by atoms with Gasteiger partial charge in [-0.3, -0.25) is 10.1 Å². The number of phenolic OH excluding ortho intramolecular Hbond substituents is 1. The lowest BCUT2D eigenvalue weighted by Crippen LogP contribution is -2.12. The van der Waals surface area contributed by atoms with Crippen LogP contribution in [0.1, 0.15) is 17.3 Å². The van der Waals surface area contributed by atoms with Gasteiger partial charge in [-0.25, -0.2) is 5.10 Å². The Morgan fingerprint density at radius 2 is 2.17 bits per heavy atom. The highest BCUT2D eigenvalue weighted by Gasteiger charge is 2.09. The van der Waals surface area contributed by atoms with E-state index >= 15 is 0 Å². The summed E-state index contributed by atoms with van der Waals surface area (Å²) in [5.74, 6) is -0.0458. The molecule has 1 heterocycles. The molecule has 1 amide bonds. The molecule has 0 spiro atoms. The molecule has 7 nitrogen and oxygen atoms in total. The maximum absolute atomic E-state index is 11.8. The van der Waals surface area contributed by atoms with E-state index in [1.54, 1.807) is 0 Å². The Hall–Kier alpha value is -2.57. The molecular formula is C11H12N4O3. The molecule has 0 fully saturated rings. The first-order valence-electron chi connectivity index (χ1n) is 5.34. The second-order valence-corrected chi connectivity index (χ2v) is 3.40. The highest BCUT2D eigenvalue weighted by Crippen LogP contribution is 2.11. The first-order chi connectivity index (χ1) is 8.69. The summed E-state index contributed by atoms with van der Waals surface area (Å²) in [4.78, 5) is 15.7. The summed E-state index contributed by atoms with van der Waals surface area (Å²) >= 11 is 0. The fraction of sp³-hybridized carbons (Fsp3) is 0.182. The Balaban J connectivity index is 2.04. The van der Waals surface area contributed by atoms with Gasteiger partial charge in [0.1, 0.15) is 5.75 Å². The minimum atomic E-state index is -0.353. The lowest BCUT2D eigenvalue weighted by atomic mass is 10.2. The minimum absolute atomic E-state index is 0.102. The second-order valence-electron chi connectivity index (χ2n) is 3.40. The first kappa shape index (κ1) is 11.9. The third kappa shape index (κ3) is 2.76. The zero-order valence-corrected chi connectivity index (χ0v) is 9.67. The van der Waals surface area contributed by atoms with Crippen molar-refractivity contribution in [2.45, 2.75) is 6.92 Å². The van der Waals surface area contributed by atoms with Gasteiger partial charge in [-0.05, 0) is 31.2 Å². The van der Waals surface area contributed by atoms with E-state index in [4.69, 9.17) is 9.84 Å². The van der Waals surface area contributed by atoms with Gasteiger partial charge in [-0.2, -0.15) is 4.98 Å². The lowest BCUT2D eigenvalue weighted by molar-refractivity contribution is 0.102. The van der Waals surface area contributed by atoms with Gasteiger partial charge in [-0.15, -0.1) is 5.10 Å². The van der Waals surface area contributed by atoms with E-state index < -0.39 is 0 Å². The topological polar surface area (TPSA) is 100 Å². The van der Waals surface area contributed by atoms with Crippen molar-refractivity contribution in [2.24, 2.45) is 0 Å². The van der Waals surface area contributed by atoms with E-state index in [9.17, 15) is 4.79 Å². The average molecular weight is 248 g/mol. The van der Waals surface area contributed by atoms with Crippen molar-refractivity contribution in [3.05, 3.63) is 29.8 Å². The van der Waals surface area contributed by atoms with E-state index in [1.807, 2.05) is 6.92 Å². The molecular weight excluding hydrogens is 236 g/mol. The number of carbonyl (C=O) groups excluding carboxylic acids is 1. The van der Waals surface area contributed by atoms with Crippen LogP contribution in [0.2, 0.25) is 0 Å². The number of phenols is 1. The van der Waals surface area contributed by atoms with Crippen molar-refractivity contribution in [3.63, 3.8) is 0 Å². The van der Waals surface area contributed by atoms with Crippen molar-refractivity contribution < 1.29 is 14.6 Å². The van der Waals surface area contributed by atoms with Gasteiger partial charge in [0.25, 0.3) is 5.91 Å². The molecule has 0 saturated carbocycles. The number of amides is 1. The number of H-pyrrole nitrogens is 1. The number of aromatic amines is 1. The number of anilines is 1. The monoisotopic (exact) mass is 248 g/mol. The number of nitrogens with zero attached hydrogens (tertiary/aromatic N) is 2. The molecule has 2 aromatic rings. The third-order valence-electron chi connectivity index (χ3n) is 2.10. The van der Waals surface area contributed by atoms with Gasteiger partial charge in [0.2, 0.25) is 5.95 Å². The van der Waals surface area contributed by atoms with Crippen LogP contribution in [0.3, 0.4) is 0 Å². The van der Waals surface area contributed by atoms with Gasteiger partial charge in [-0.1, -0.05) is 0 Å². The zero-order chi connectivity index (χ0) is 13.0. The number of ether oxygens (including phenoxy) is 1. The van der Waals surface area contributed by atoms with Crippen LogP contribution in [-0.4, -0.2) is 32.8 Å². The molecule has 0 aliphatic carbocycles. The summed E-state index contributed by atoms with van der Waals surface area (Å²) in [6, 6.07) is 6.05. The molecule has 2 rings (SSSR count). The molecule has 1 aromatic carbocycles. The fourth-order valence-electron chi connectivity index (χ4n) is 1.29. The van der Waals surface area contributed by atoms with Crippen LogP contribution in [0.25, 0.3) is 0 Å². The summed E-state index contributed by atoms with van der Waals surface area (Å²) in [6.07, 6.45) is 0. The SMILES string of the molecule is CCOc1n[nH]c(NC(=O)c2ccc(O)cc2)n1. The fourth-order valence-corrected chi connectivity index (χ4v) is 1.29. The highest BCUT2D eigenvalue weighted by molar-refractivity contribution is 6.03. The molecule has 0 unspecified atom stereocenters. The molecule has 0 aliphatic heterocycles. The summed E-state index contributed by atoms with van der Waals surface area (Å²) in [5, 5.41) is 17.9. The minimum Gasteiger partial charge on any atom is -0.508 e. The third-order valence-corrected chi connectivity index (χ3v) is 2.10. The largest absolute Gasteiger partial charge is 0.508 e. The van der Waals surface area contributed by atoms with Gasteiger partial charge in [0.15, 0.2) is 0 Å². The summed E-state index contributed by atoms with van der Waals surface area (Å²) in [6.45, 7) is 2.26. The Bertz CT molecular complexity index is 535. The average Bonchev–Trinajstić information content (AvgIpc) is 2.78. The van der Waals surface area contributed by atoms with Gasteiger partial charge in [0, 0.05) is 5.56 Å². The number of benzene rings is 1. The summed E-state index contributed by atoms with van der Waals surface area (Å²) < 4.78 is 5.05. The molecule has 0 aliphatic rings. The van der Waals surface area contributed by atoms with Gasteiger partial charge >= 0.3 is 6.01 Å². The van der Waals surface area contributed by atoms with Crippen LogP contribution in [0.15, 0.2) is 24.3 Å². The molecule has 7 heteroatoms. The van der Waals surface area contributed by atoms with Crippen LogP contribution in [0, 0.1) is 0 Å². The molecule has 1 aromatic heterocycles. The van der Waals surface area contributed by atoms with E-state index in [-0.39, 0.29) is 23.6 Å². The second kappa shape index (κ2) is 5.17. The predicted octanol–water partition coefficient (Wildman–Crippen LogP) is 1.16. The first-order valence-corrected chi connectivity index (χ1v) is 5.34. The quantitative estimate of drug-likeness (QED) is 0.753. The van der Waals surface area contributed by atoms with Crippen LogP contribution < -0.4 is 10.1 Å². The smallest absolute Gasteiger partial charge is 0.337 e.